The van der Waals surface area contributed by atoms with Crippen LogP contribution in [0.2, 0.25) is 0 Å². The van der Waals surface area contributed by atoms with Gasteiger partial charge in [0.05, 0.1) is 23.2 Å². The molecule has 4 rings (SSSR count). The molecule has 120 valence electrons. The number of amides is 1. The van der Waals surface area contributed by atoms with Crippen LogP contribution in [0.25, 0.3) is 0 Å². The van der Waals surface area contributed by atoms with E-state index < -0.39 is 0 Å². The van der Waals surface area contributed by atoms with Gasteiger partial charge in [-0.15, -0.1) is 11.3 Å². The second-order valence-electron chi connectivity index (χ2n) is 6.78. The molecule has 2 aliphatic heterocycles. The molecular weight excluding hydrogens is 298 g/mol. The van der Waals surface area contributed by atoms with Crippen LogP contribution < -0.4 is 5.32 Å². The average Bonchev–Trinajstić information content (AvgIpc) is 2.90. The molecule has 1 N–H and O–H groups in total. The number of likely N-dealkylation sites (tertiary alicyclic amines) is 1. The summed E-state index contributed by atoms with van der Waals surface area (Å²) in [6, 6.07) is 0.387. The Morgan fingerprint density at radius 1 is 1.50 bits per heavy atom. The van der Waals surface area contributed by atoms with Gasteiger partial charge in [0.15, 0.2) is 0 Å². The molecule has 22 heavy (non-hydrogen) atoms. The van der Waals surface area contributed by atoms with E-state index in [1.54, 1.807) is 11.3 Å². The lowest BCUT2D eigenvalue weighted by Gasteiger charge is -2.21. The molecule has 1 aromatic heterocycles. The third-order valence-corrected chi connectivity index (χ3v) is 6.11. The second-order valence-corrected chi connectivity index (χ2v) is 7.72. The Bertz CT molecular complexity index is 557. The summed E-state index contributed by atoms with van der Waals surface area (Å²) in [5, 5.41) is 3.13. The Morgan fingerprint density at radius 2 is 2.36 bits per heavy atom. The summed E-state index contributed by atoms with van der Waals surface area (Å²) in [6.45, 7) is 5.39. The monoisotopic (exact) mass is 321 g/mol. The molecule has 1 aliphatic carbocycles. The number of aryl methyl sites for hydroxylation is 1. The van der Waals surface area contributed by atoms with E-state index in [2.05, 4.69) is 22.1 Å². The number of carbonyl (C=O) groups excluding carboxylic acids is 1. The predicted molar refractivity (Wildman–Crippen MR) is 84.6 cm³/mol. The van der Waals surface area contributed by atoms with E-state index in [4.69, 9.17) is 4.74 Å². The lowest BCUT2D eigenvalue weighted by Crippen LogP contribution is -2.38. The molecule has 0 radical (unpaired) electrons. The van der Waals surface area contributed by atoms with Gasteiger partial charge in [0.2, 0.25) is 5.91 Å². The highest BCUT2D eigenvalue weighted by Gasteiger charge is 2.48. The third kappa shape index (κ3) is 2.79. The lowest BCUT2D eigenvalue weighted by atomic mass is 10.0. The number of ether oxygens (including phenoxy) is 1. The topological polar surface area (TPSA) is 54.5 Å². The Morgan fingerprint density at radius 3 is 3.09 bits per heavy atom. The SMILES string of the molecule is Cc1ncsc1CN1C[C@H](C(=O)NCC2CC2)[C@H]2OCC[C@H]21. The molecule has 3 fully saturated rings. The van der Waals surface area contributed by atoms with Gasteiger partial charge in [-0.3, -0.25) is 9.69 Å². The highest BCUT2D eigenvalue weighted by Crippen LogP contribution is 2.35. The summed E-state index contributed by atoms with van der Waals surface area (Å²) in [6.07, 6.45) is 3.65. The van der Waals surface area contributed by atoms with Gasteiger partial charge in [-0.1, -0.05) is 0 Å². The van der Waals surface area contributed by atoms with Crippen molar-refractivity contribution in [2.24, 2.45) is 11.8 Å². The molecule has 1 amide bonds. The largest absolute Gasteiger partial charge is 0.376 e. The first kappa shape index (κ1) is 14.6. The summed E-state index contributed by atoms with van der Waals surface area (Å²) >= 11 is 1.71. The van der Waals surface area contributed by atoms with Crippen LogP contribution in [0.4, 0.5) is 0 Å². The van der Waals surface area contributed by atoms with Gasteiger partial charge >= 0.3 is 0 Å². The summed E-state index contributed by atoms with van der Waals surface area (Å²) in [5.74, 6) is 0.897. The Kier molecular flexibility index (Phi) is 3.92. The van der Waals surface area contributed by atoms with Gasteiger partial charge in [0.1, 0.15) is 0 Å². The molecular formula is C16H23N3O2S. The van der Waals surface area contributed by atoms with E-state index >= 15 is 0 Å². The molecule has 5 nitrogen and oxygen atoms in total. The average molecular weight is 321 g/mol. The molecule has 3 atom stereocenters. The summed E-state index contributed by atoms with van der Waals surface area (Å²) in [4.78, 5) is 20.6. The molecule has 1 saturated carbocycles. The number of rotatable bonds is 5. The zero-order valence-electron chi connectivity index (χ0n) is 13.0. The molecule has 3 heterocycles. The van der Waals surface area contributed by atoms with Crippen LogP contribution in [0.15, 0.2) is 5.51 Å². The van der Waals surface area contributed by atoms with Gasteiger partial charge in [-0.05, 0) is 32.1 Å². The van der Waals surface area contributed by atoms with Gasteiger partial charge < -0.3 is 10.1 Å². The van der Waals surface area contributed by atoms with E-state index in [-0.39, 0.29) is 17.9 Å². The molecule has 6 heteroatoms. The Labute approximate surface area is 135 Å². The number of carbonyl (C=O) groups is 1. The fraction of sp³-hybridized carbons (Fsp3) is 0.750. The number of hydrogen-bond acceptors (Lipinski definition) is 5. The third-order valence-electron chi connectivity index (χ3n) is 5.19. The van der Waals surface area contributed by atoms with Crippen molar-refractivity contribution in [1.29, 1.82) is 0 Å². The van der Waals surface area contributed by atoms with Crippen molar-refractivity contribution >= 4 is 17.2 Å². The highest BCUT2D eigenvalue weighted by molar-refractivity contribution is 7.09. The first-order chi connectivity index (χ1) is 10.7. The van der Waals surface area contributed by atoms with Crippen molar-refractivity contribution in [3.8, 4) is 0 Å². The van der Waals surface area contributed by atoms with Gasteiger partial charge in [-0.2, -0.15) is 0 Å². The molecule has 1 aromatic rings. The summed E-state index contributed by atoms with van der Waals surface area (Å²) < 4.78 is 5.90. The first-order valence-corrected chi connectivity index (χ1v) is 9.12. The standard InChI is InChI=1S/C16H23N3O2S/c1-10-14(22-9-18-10)8-19-7-12(15-13(19)4-5-21-15)16(20)17-6-11-2-3-11/h9,11-13,15H,2-8H2,1H3,(H,17,20)/t12-,13+,15+/m0/s1. The van der Waals surface area contributed by atoms with Crippen molar-refractivity contribution in [3.63, 3.8) is 0 Å². The van der Waals surface area contributed by atoms with Gasteiger partial charge in [-0.25, -0.2) is 4.98 Å². The quantitative estimate of drug-likeness (QED) is 0.894. The van der Waals surface area contributed by atoms with Crippen LogP contribution in [0.3, 0.4) is 0 Å². The smallest absolute Gasteiger partial charge is 0.227 e. The number of fused-ring (bicyclic) bond motifs is 1. The molecule has 3 aliphatic rings. The maximum absolute atomic E-state index is 12.5. The first-order valence-electron chi connectivity index (χ1n) is 8.24. The number of nitrogens with one attached hydrogen (secondary N) is 1. The minimum atomic E-state index is -0.0144. The summed E-state index contributed by atoms with van der Waals surface area (Å²) in [7, 11) is 0. The van der Waals surface area contributed by atoms with E-state index in [1.807, 2.05) is 5.51 Å². The number of nitrogens with zero attached hydrogens (tertiary/aromatic N) is 2. The van der Waals surface area contributed by atoms with Gasteiger partial charge in [0.25, 0.3) is 0 Å². The lowest BCUT2D eigenvalue weighted by molar-refractivity contribution is -0.127. The molecule has 0 bridgehead atoms. The molecule has 0 unspecified atom stereocenters. The highest BCUT2D eigenvalue weighted by atomic mass is 32.1. The van der Waals surface area contributed by atoms with Crippen molar-refractivity contribution < 1.29 is 9.53 Å². The Balaban J connectivity index is 1.43. The van der Waals surface area contributed by atoms with Gasteiger partial charge in [0, 0.05) is 37.2 Å². The van der Waals surface area contributed by atoms with Crippen LogP contribution in [0.1, 0.15) is 29.8 Å². The van der Waals surface area contributed by atoms with E-state index in [1.165, 1.54) is 17.7 Å². The minimum absolute atomic E-state index is 0.0144. The number of thiazole rings is 1. The minimum Gasteiger partial charge on any atom is -0.376 e. The number of aromatic nitrogens is 1. The predicted octanol–water partition coefficient (Wildman–Crippen LogP) is 1.57. The normalized spacial score (nSPS) is 31.4. The fourth-order valence-electron chi connectivity index (χ4n) is 3.64. The second kappa shape index (κ2) is 5.91. The maximum Gasteiger partial charge on any atom is 0.227 e. The van der Waals surface area contributed by atoms with E-state index in [9.17, 15) is 4.79 Å². The molecule has 0 spiro atoms. The van der Waals surface area contributed by atoms with Crippen molar-refractivity contribution in [2.75, 3.05) is 19.7 Å². The Hall–Kier alpha value is -0.980. The van der Waals surface area contributed by atoms with Crippen LogP contribution in [-0.4, -0.2) is 47.6 Å². The van der Waals surface area contributed by atoms with Crippen LogP contribution >= 0.6 is 11.3 Å². The van der Waals surface area contributed by atoms with Crippen molar-refractivity contribution in [2.45, 2.75) is 44.9 Å². The number of hydrogen-bond donors (Lipinski definition) is 1. The van der Waals surface area contributed by atoms with Crippen molar-refractivity contribution in [3.05, 3.63) is 16.1 Å². The molecule has 2 saturated heterocycles. The van der Waals surface area contributed by atoms with Crippen LogP contribution in [0, 0.1) is 18.8 Å². The fourth-order valence-corrected chi connectivity index (χ4v) is 4.44. The van der Waals surface area contributed by atoms with Crippen molar-refractivity contribution in [1.82, 2.24) is 15.2 Å². The molecule has 0 aromatic carbocycles. The zero-order valence-corrected chi connectivity index (χ0v) is 13.8. The van der Waals surface area contributed by atoms with E-state index in [0.717, 1.165) is 44.3 Å². The van der Waals surface area contributed by atoms with Crippen LogP contribution in [-0.2, 0) is 16.1 Å². The summed E-state index contributed by atoms with van der Waals surface area (Å²) in [5.41, 5.74) is 3.02. The zero-order chi connectivity index (χ0) is 15.1. The van der Waals surface area contributed by atoms with Crippen LogP contribution in [0.5, 0.6) is 0 Å². The maximum atomic E-state index is 12.5. The van der Waals surface area contributed by atoms with E-state index in [0.29, 0.717) is 6.04 Å².